The molecule has 0 N–H and O–H groups in total. The van der Waals surface area contributed by atoms with Gasteiger partial charge in [-0.15, -0.1) is 6.58 Å². The minimum absolute atomic E-state index is 0.0256. The molecule has 0 amide bonds. The lowest BCUT2D eigenvalue weighted by Crippen LogP contribution is -2.34. The predicted molar refractivity (Wildman–Crippen MR) is 137 cm³/mol. The highest BCUT2D eigenvalue weighted by molar-refractivity contribution is 6.31. The number of rotatable bonds is 8. The second-order valence-electron chi connectivity index (χ2n) is 10.1. The summed E-state index contributed by atoms with van der Waals surface area (Å²) in [5.41, 5.74) is 3.78. The molecular formula is C29H36ClFN2. The van der Waals surface area contributed by atoms with Crippen molar-refractivity contribution in [2.24, 2.45) is 16.9 Å². The summed E-state index contributed by atoms with van der Waals surface area (Å²) < 4.78 is 15.0. The van der Waals surface area contributed by atoms with E-state index in [-0.39, 0.29) is 22.8 Å². The highest BCUT2D eigenvalue weighted by Gasteiger charge is 2.38. The van der Waals surface area contributed by atoms with Crippen LogP contribution in [0.5, 0.6) is 0 Å². The summed E-state index contributed by atoms with van der Waals surface area (Å²) in [6.45, 7) is 9.32. The molecule has 0 spiro atoms. The standard InChI is InChI=1S/C29H36ClFN2/c1-20(2)9-7-10-22-15-17-23(18-16-22)19-33-21(3)27(24-11-5-4-6-12-24)29(32-33)25-13-8-14-26(30)28(25)31/h4-6,8,11-14,21-23,27H,1,7,9-10,15-19H2,2-3H3. The van der Waals surface area contributed by atoms with E-state index in [1.54, 1.807) is 6.07 Å². The summed E-state index contributed by atoms with van der Waals surface area (Å²) in [6.07, 6.45) is 8.89. The molecule has 0 aromatic heterocycles. The van der Waals surface area contributed by atoms with Gasteiger partial charge in [-0.05, 0) is 69.1 Å². The van der Waals surface area contributed by atoms with Gasteiger partial charge in [-0.2, -0.15) is 5.10 Å². The van der Waals surface area contributed by atoms with Crippen molar-refractivity contribution in [2.75, 3.05) is 6.54 Å². The molecule has 2 aromatic rings. The van der Waals surface area contributed by atoms with Crippen LogP contribution in [0.25, 0.3) is 0 Å². The second-order valence-corrected chi connectivity index (χ2v) is 10.5. The molecule has 1 heterocycles. The Bertz CT molecular complexity index is 978. The average molecular weight is 467 g/mol. The van der Waals surface area contributed by atoms with Crippen molar-refractivity contribution in [3.05, 3.63) is 82.6 Å². The van der Waals surface area contributed by atoms with Crippen LogP contribution < -0.4 is 0 Å². The molecular weight excluding hydrogens is 431 g/mol. The monoisotopic (exact) mass is 466 g/mol. The number of allylic oxidation sites excluding steroid dienone is 1. The lowest BCUT2D eigenvalue weighted by molar-refractivity contribution is 0.156. The second kappa shape index (κ2) is 10.9. The highest BCUT2D eigenvalue weighted by Crippen LogP contribution is 2.38. The third kappa shape index (κ3) is 5.69. The molecule has 0 radical (unpaired) electrons. The molecule has 1 aliphatic carbocycles. The summed E-state index contributed by atoms with van der Waals surface area (Å²) in [5, 5.41) is 7.40. The van der Waals surface area contributed by atoms with Crippen molar-refractivity contribution < 1.29 is 4.39 Å². The van der Waals surface area contributed by atoms with Gasteiger partial charge < -0.3 is 0 Å². The van der Waals surface area contributed by atoms with Gasteiger partial charge in [-0.3, -0.25) is 5.01 Å². The van der Waals surface area contributed by atoms with Crippen molar-refractivity contribution in [3.8, 4) is 0 Å². The van der Waals surface area contributed by atoms with Gasteiger partial charge in [0.1, 0.15) is 0 Å². The van der Waals surface area contributed by atoms with Gasteiger partial charge in [0, 0.05) is 12.1 Å². The first kappa shape index (κ1) is 24.0. The summed E-state index contributed by atoms with van der Waals surface area (Å²) in [5.74, 6) is 1.16. The zero-order valence-corrected chi connectivity index (χ0v) is 20.7. The SMILES string of the molecule is C=C(C)CCCC1CCC(CN2N=C(c3cccc(Cl)c3F)C(c3ccccc3)C2C)CC1. The van der Waals surface area contributed by atoms with E-state index in [9.17, 15) is 0 Å². The van der Waals surface area contributed by atoms with E-state index in [0.717, 1.165) is 24.6 Å². The van der Waals surface area contributed by atoms with Crippen LogP contribution in [0.15, 0.2) is 65.8 Å². The Morgan fingerprint density at radius 1 is 1.06 bits per heavy atom. The Balaban J connectivity index is 1.48. The van der Waals surface area contributed by atoms with E-state index in [1.165, 1.54) is 49.7 Å². The third-order valence-corrected chi connectivity index (χ3v) is 7.79. The van der Waals surface area contributed by atoms with E-state index in [4.69, 9.17) is 16.7 Å². The normalized spacial score (nSPS) is 25.2. The first-order chi connectivity index (χ1) is 15.9. The maximum Gasteiger partial charge on any atom is 0.150 e. The van der Waals surface area contributed by atoms with E-state index < -0.39 is 0 Å². The molecule has 2 atom stereocenters. The molecule has 2 unspecified atom stereocenters. The number of hydrogen-bond donors (Lipinski definition) is 0. The number of halogens is 2. The minimum Gasteiger partial charge on any atom is -0.293 e. The molecule has 1 aliphatic heterocycles. The van der Waals surface area contributed by atoms with E-state index >= 15 is 4.39 Å². The van der Waals surface area contributed by atoms with Crippen LogP contribution >= 0.6 is 11.6 Å². The Labute approximate surface area is 203 Å². The van der Waals surface area contributed by atoms with Gasteiger partial charge >= 0.3 is 0 Å². The number of hydrogen-bond acceptors (Lipinski definition) is 2. The van der Waals surface area contributed by atoms with Crippen LogP contribution in [-0.2, 0) is 0 Å². The molecule has 176 valence electrons. The fourth-order valence-corrected chi connectivity index (χ4v) is 5.75. The first-order valence-electron chi connectivity index (χ1n) is 12.4. The maximum absolute atomic E-state index is 15.0. The number of hydrazone groups is 1. The Morgan fingerprint density at radius 2 is 1.76 bits per heavy atom. The molecule has 0 bridgehead atoms. The fraction of sp³-hybridized carbons (Fsp3) is 0.483. The van der Waals surface area contributed by atoms with E-state index in [0.29, 0.717) is 11.5 Å². The van der Waals surface area contributed by atoms with Gasteiger partial charge in [0.15, 0.2) is 5.82 Å². The lowest BCUT2D eigenvalue weighted by Gasteiger charge is -2.33. The topological polar surface area (TPSA) is 15.6 Å². The molecule has 4 heteroatoms. The zero-order valence-electron chi connectivity index (χ0n) is 19.9. The smallest absolute Gasteiger partial charge is 0.150 e. The van der Waals surface area contributed by atoms with Crippen LogP contribution in [0.4, 0.5) is 4.39 Å². The van der Waals surface area contributed by atoms with Crippen LogP contribution in [-0.4, -0.2) is 23.3 Å². The van der Waals surface area contributed by atoms with Gasteiger partial charge in [-0.1, -0.05) is 72.8 Å². The Kier molecular flexibility index (Phi) is 7.90. The van der Waals surface area contributed by atoms with Gasteiger partial charge in [-0.25, -0.2) is 4.39 Å². The maximum atomic E-state index is 15.0. The summed E-state index contributed by atoms with van der Waals surface area (Å²) >= 11 is 6.13. The summed E-state index contributed by atoms with van der Waals surface area (Å²) in [7, 11) is 0. The van der Waals surface area contributed by atoms with Crippen molar-refractivity contribution in [1.82, 2.24) is 5.01 Å². The lowest BCUT2D eigenvalue weighted by atomic mass is 9.79. The number of benzene rings is 2. The zero-order chi connectivity index (χ0) is 23.4. The van der Waals surface area contributed by atoms with Crippen LogP contribution in [0.3, 0.4) is 0 Å². The molecule has 2 aromatic carbocycles. The molecule has 2 aliphatic rings. The third-order valence-electron chi connectivity index (χ3n) is 7.50. The van der Waals surface area contributed by atoms with Crippen molar-refractivity contribution in [3.63, 3.8) is 0 Å². The van der Waals surface area contributed by atoms with Gasteiger partial charge in [0.05, 0.1) is 22.7 Å². The summed E-state index contributed by atoms with van der Waals surface area (Å²) in [4.78, 5) is 0. The molecule has 1 fully saturated rings. The van der Waals surface area contributed by atoms with Crippen molar-refractivity contribution in [1.29, 1.82) is 0 Å². The van der Waals surface area contributed by atoms with Crippen LogP contribution in [0.1, 0.15) is 75.8 Å². The number of nitrogens with zero attached hydrogens (tertiary/aromatic N) is 2. The van der Waals surface area contributed by atoms with E-state index in [2.05, 4.69) is 37.6 Å². The molecule has 2 nitrogen and oxygen atoms in total. The average Bonchev–Trinajstić information content (AvgIpc) is 3.13. The quantitative estimate of drug-likeness (QED) is 0.358. The highest BCUT2D eigenvalue weighted by atomic mass is 35.5. The molecule has 0 saturated heterocycles. The van der Waals surface area contributed by atoms with Crippen molar-refractivity contribution in [2.45, 2.75) is 70.8 Å². The van der Waals surface area contributed by atoms with Crippen molar-refractivity contribution >= 4 is 17.3 Å². The molecule has 1 saturated carbocycles. The fourth-order valence-electron chi connectivity index (χ4n) is 5.58. The predicted octanol–water partition coefficient (Wildman–Crippen LogP) is 8.22. The van der Waals surface area contributed by atoms with Crippen LogP contribution in [0, 0.1) is 17.7 Å². The van der Waals surface area contributed by atoms with E-state index in [1.807, 2.05) is 30.3 Å². The van der Waals surface area contributed by atoms with Gasteiger partial charge in [0.25, 0.3) is 0 Å². The Morgan fingerprint density at radius 3 is 2.45 bits per heavy atom. The van der Waals surface area contributed by atoms with Crippen LogP contribution in [0.2, 0.25) is 5.02 Å². The minimum atomic E-state index is -0.372. The molecule has 33 heavy (non-hydrogen) atoms. The molecule has 4 rings (SSSR count). The largest absolute Gasteiger partial charge is 0.293 e. The summed E-state index contributed by atoms with van der Waals surface area (Å²) in [6, 6.07) is 15.8. The van der Waals surface area contributed by atoms with Gasteiger partial charge in [0.2, 0.25) is 0 Å². The first-order valence-corrected chi connectivity index (χ1v) is 12.8. The Hall–Kier alpha value is -2.13.